The van der Waals surface area contributed by atoms with Gasteiger partial charge in [-0.05, 0) is 24.6 Å². The fraction of sp³-hybridized carbons (Fsp3) is 0.400. The van der Waals surface area contributed by atoms with Crippen LogP contribution in [0, 0.1) is 0 Å². The third-order valence-electron chi connectivity index (χ3n) is 4.91. The van der Waals surface area contributed by atoms with Crippen molar-refractivity contribution in [1.29, 1.82) is 0 Å². The summed E-state index contributed by atoms with van der Waals surface area (Å²) in [6.45, 7) is 5.92. The number of aliphatic hydroxyl groups is 1. The van der Waals surface area contributed by atoms with E-state index >= 15 is 0 Å². The van der Waals surface area contributed by atoms with Gasteiger partial charge >= 0.3 is 0 Å². The monoisotopic (exact) mass is 362 g/mol. The lowest BCUT2D eigenvalue weighted by Crippen LogP contribution is -2.51. The Morgan fingerprint density at radius 3 is 2.28 bits per heavy atom. The summed E-state index contributed by atoms with van der Waals surface area (Å²) in [4.78, 5) is 4.75. The average molecular weight is 363 g/mol. The number of benzene rings is 2. The Balaban J connectivity index is 0.00000225. The number of halogens is 1. The zero-order valence-corrected chi connectivity index (χ0v) is 15.7. The quantitative estimate of drug-likeness (QED) is 0.884. The fourth-order valence-electron chi connectivity index (χ4n) is 3.32. The molecule has 0 aromatic heterocycles. The van der Waals surface area contributed by atoms with E-state index in [-0.39, 0.29) is 18.4 Å². The summed E-state index contributed by atoms with van der Waals surface area (Å²) in [6, 6.07) is 18.2. The van der Waals surface area contributed by atoms with Crippen LogP contribution >= 0.6 is 12.4 Å². The second-order valence-corrected chi connectivity index (χ2v) is 6.32. The van der Waals surface area contributed by atoms with E-state index in [1.54, 1.807) is 7.11 Å². The molecule has 25 heavy (non-hydrogen) atoms. The number of piperazine rings is 1. The fourth-order valence-corrected chi connectivity index (χ4v) is 3.32. The SMILES string of the molecule is COc1cccc(N2CCN(C(C)C(O)c3ccccc3)CC2)c1.Cl. The van der Waals surface area contributed by atoms with Crippen molar-refractivity contribution in [2.24, 2.45) is 0 Å². The lowest BCUT2D eigenvalue weighted by molar-refractivity contribution is 0.0546. The van der Waals surface area contributed by atoms with Gasteiger partial charge in [0.25, 0.3) is 0 Å². The molecule has 0 aliphatic carbocycles. The van der Waals surface area contributed by atoms with Gasteiger partial charge in [-0.25, -0.2) is 0 Å². The van der Waals surface area contributed by atoms with E-state index in [1.807, 2.05) is 42.5 Å². The van der Waals surface area contributed by atoms with Gasteiger partial charge in [0.15, 0.2) is 0 Å². The van der Waals surface area contributed by atoms with Crippen LogP contribution in [-0.2, 0) is 0 Å². The molecule has 1 heterocycles. The second kappa shape index (κ2) is 9.09. The molecule has 3 rings (SSSR count). The molecular weight excluding hydrogens is 336 g/mol. The van der Waals surface area contributed by atoms with Crippen LogP contribution in [0.4, 0.5) is 5.69 Å². The number of hydrogen-bond donors (Lipinski definition) is 1. The van der Waals surface area contributed by atoms with Crippen LogP contribution in [0.15, 0.2) is 54.6 Å². The molecule has 1 saturated heterocycles. The normalized spacial score (nSPS) is 17.5. The lowest BCUT2D eigenvalue weighted by atomic mass is 10.0. The number of anilines is 1. The van der Waals surface area contributed by atoms with Gasteiger partial charge in [-0.2, -0.15) is 0 Å². The van der Waals surface area contributed by atoms with Gasteiger partial charge in [0.1, 0.15) is 5.75 Å². The molecule has 0 amide bonds. The zero-order valence-electron chi connectivity index (χ0n) is 14.8. The van der Waals surface area contributed by atoms with E-state index in [4.69, 9.17) is 4.74 Å². The molecule has 0 spiro atoms. The van der Waals surface area contributed by atoms with Crippen molar-refractivity contribution in [3.05, 3.63) is 60.2 Å². The van der Waals surface area contributed by atoms with Gasteiger partial charge in [-0.3, -0.25) is 4.90 Å². The van der Waals surface area contributed by atoms with Gasteiger partial charge in [0.2, 0.25) is 0 Å². The Bertz CT molecular complexity index is 645. The molecule has 5 heteroatoms. The molecule has 1 fully saturated rings. The summed E-state index contributed by atoms with van der Waals surface area (Å²) < 4.78 is 5.32. The van der Waals surface area contributed by atoms with E-state index in [2.05, 4.69) is 28.9 Å². The maximum absolute atomic E-state index is 10.6. The van der Waals surface area contributed by atoms with Crippen molar-refractivity contribution in [2.75, 3.05) is 38.2 Å². The topological polar surface area (TPSA) is 35.9 Å². The van der Waals surface area contributed by atoms with Gasteiger partial charge in [-0.1, -0.05) is 36.4 Å². The van der Waals surface area contributed by atoms with Crippen LogP contribution in [0.2, 0.25) is 0 Å². The Labute approximate surface area is 156 Å². The highest BCUT2D eigenvalue weighted by Crippen LogP contribution is 2.25. The summed E-state index contributed by atoms with van der Waals surface area (Å²) in [5.74, 6) is 0.891. The Morgan fingerprint density at radius 2 is 1.64 bits per heavy atom. The van der Waals surface area contributed by atoms with Crippen LogP contribution in [0.25, 0.3) is 0 Å². The molecule has 1 N–H and O–H groups in total. The maximum atomic E-state index is 10.6. The van der Waals surface area contributed by atoms with Crippen molar-refractivity contribution in [1.82, 2.24) is 4.90 Å². The molecule has 2 aromatic carbocycles. The summed E-state index contributed by atoms with van der Waals surface area (Å²) in [5.41, 5.74) is 2.19. The standard InChI is InChI=1S/C20H26N2O2.ClH/c1-16(20(23)17-7-4-3-5-8-17)21-11-13-22(14-12-21)18-9-6-10-19(15-18)24-2;/h3-10,15-16,20,23H,11-14H2,1-2H3;1H. The summed E-state index contributed by atoms with van der Waals surface area (Å²) >= 11 is 0. The number of ether oxygens (including phenoxy) is 1. The van der Waals surface area contributed by atoms with E-state index in [9.17, 15) is 5.11 Å². The summed E-state index contributed by atoms with van der Waals surface area (Å²) in [7, 11) is 1.70. The van der Waals surface area contributed by atoms with Crippen LogP contribution in [-0.4, -0.2) is 49.3 Å². The van der Waals surface area contributed by atoms with Gasteiger partial charge in [-0.15, -0.1) is 12.4 Å². The minimum Gasteiger partial charge on any atom is -0.497 e. The van der Waals surface area contributed by atoms with Crippen molar-refractivity contribution in [3.63, 3.8) is 0 Å². The van der Waals surface area contributed by atoms with Crippen LogP contribution < -0.4 is 9.64 Å². The highest BCUT2D eigenvalue weighted by Gasteiger charge is 2.26. The number of hydrogen-bond acceptors (Lipinski definition) is 4. The van der Waals surface area contributed by atoms with E-state index in [0.717, 1.165) is 37.5 Å². The minimum absolute atomic E-state index is 0. The molecule has 0 bridgehead atoms. The molecular formula is C20H27ClN2O2. The van der Waals surface area contributed by atoms with Crippen LogP contribution in [0.1, 0.15) is 18.6 Å². The van der Waals surface area contributed by atoms with Crippen LogP contribution in [0.5, 0.6) is 5.75 Å². The third-order valence-corrected chi connectivity index (χ3v) is 4.91. The first-order valence-corrected chi connectivity index (χ1v) is 8.55. The van der Waals surface area contributed by atoms with Gasteiger partial charge < -0.3 is 14.7 Å². The smallest absolute Gasteiger partial charge is 0.120 e. The molecule has 2 unspecified atom stereocenters. The second-order valence-electron chi connectivity index (χ2n) is 6.32. The third kappa shape index (κ3) is 4.66. The largest absolute Gasteiger partial charge is 0.497 e. The Hall–Kier alpha value is -1.75. The van der Waals surface area contributed by atoms with Gasteiger partial charge in [0.05, 0.1) is 13.2 Å². The average Bonchev–Trinajstić information content (AvgIpc) is 2.67. The van der Waals surface area contributed by atoms with Crippen molar-refractivity contribution in [3.8, 4) is 5.75 Å². The van der Waals surface area contributed by atoms with E-state index < -0.39 is 6.10 Å². The molecule has 1 aliphatic rings. The molecule has 2 aromatic rings. The maximum Gasteiger partial charge on any atom is 0.120 e. The van der Waals surface area contributed by atoms with Crippen molar-refractivity contribution in [2.45, 2.75) is 19.1 Å². The predicted octanol–water partition coefficient (Wildman–Crippen LogP) is 3.36. The van der Waals surface area contributed by atoms with Crippen molar-refractivity contribution >= 4 is 18.1 Å². The predicted molar refractivity (Wildman–Crippen MR) is 105 cm³/mol. The Morgan fingerprint density at radius 1 is 0.960 bits per heavy atom. The number of nitrogens with zero attached hydrogens (tertiary/aromatic N) is 2. The molecule has 0 saturated carbocycles. The molecule has 1 aliphatic heterocycles. The minimum atomic E-state index is -0.449. The highest BCUT2D eigenvalue weighted by molar-refractivity contribution is 5.85. The molecule has 136 valence electrons. The van der Waals surface area contributed by atoms with E-state index in [1.165, 1.54) is 5.69 Å². The zero-order chi connectivity index (χ0) is 16.9. The molecule has 2 atom stereocenters. The first-order valence-electron chi connectivity index (χ1n) is 8.55. The lowest BCUT2D eigenvalue weighted by Gasteiger charge is -2.40. The number of aliphatic hydroxyl groups excluding tert-OH is 1. The number of rotatable bonds is 5. The first kappa shape index (κ1) is 19.6. The summed E-state index contributed by atoms with van der Waals surface area (Å²) in [6.07, 6.45) is -0.449. The van der Waals surface area contributed by atoms with Crippen LogP contribution in [0.3, 0.4) is 0 Å². The first-order chi connectivity index (χ1) is 11.7. The van der Waals surface area contributed by atoms with Gasteiger partial charge in [0, 0.05) is 44.0 Å². The number of methoxy groups -OCH3 is 1. The van der Waals surface area contributed by atoms with E-state index in [0.29, 0.717) is 0 Å². The molecule has 0 radical (unpaired) electrons. The summed E-state index contributed by atoms with van der Waals surface area (Å²) in [5, 5.41) is 10.6. The van der Waals surface area contributed by atoms with Crippen molar-refractivity contribution < 1.29 is 9.84 Å². The molecule has 4 nitrogen and oxygen atoms in total. The Kier molecular flexibility index (Phi) is 7.12. The highest BCUT2D eigenvalue weighted by atomic mass is 35.5.